The van der Waals surface area contributed by atoms with Crippen LogP contribution in [0.25, 0.3) is 0 Å². The fourth-order valence-electron chi connectivity index (χ4n) is 2.40. The van der Waals surface area contributed by atoms with E-state index in [0.717, 1.165) is 0 Å². The minimum Gasteiger partial charge on any atom is -0.383 e. The van der Waals surface area contributed by atoms with Gasteiger partial charge in [-0.2, -0.15) is 0 Å². The maximum absolute atomic E-state index is 12.3. The van der Waals surface area contributed by atoms with Crippen molar-refractivity contribution in [2.45, 2.75) is 0 Å². The summed E-state index contributed by atoms with van der Waals surface area (Å²) in [5, 5.41) is 3.05. The van der Waals surface area contributed by atoms with E-state index in [4.69, 9.17) is 4.74 Å². The van der Waals surface area contributed by atoms with Crippen molar-refractivity contribution in [3.8, 4) is 0 Å². The number of carbonyl (C=O) groups excluding carboxylic acids is 2. The quantitative estimate of drug-likeness (QED) is 0.771. The highest BCUT2D eigenvalue weighted by molar-refractivity contribution is 5.94. The maximum Gasteiger partial charge on any atom is 0.253 e. The molecule has 0 atom stereocenters. The zero-order chi connectivity index (χ0) is 15.8. The Morgan fingerprint density at radius 1 is 1.09 bits per heavy atom. The van der Waals surface area contributed by atoms with Gasteiger partial charge in [0, 0.05) is 45.4 Å². The van der Waals surface area contributed by atoms with Crippen molar-refractivity contribution in [3.63, 3.8) is 0 Å². The lowest BCUT2D eigenvalue weighted by atomic mass is 10.2. The highest BCUT2D eigenvalue weighted by Crippen LogP contribution is 2.08. The molecule has 0 aromatic heterocycles. The van der Waals surface area contributed by atoms with Crippen molar-refractivity contribution in [2.75, 3.05) is 53.0 Å². The van der Waals surface area contributed by atoms with Crippen LogP contribution in [0.5, 0.6) is 0 Å². The summed E-state index contributed by atoms with van der Waals surface area (Å²) in [7, 11) is 1.63. The Balaban J connectivity index is 0.00000264. The predicted octanol–water partition coefficient (Wildman–Crippen LogP) is 0.629. The van der Waals surface area contributed by atoms with Gasteiger partial charge in [-0.3, -0.25) is 9.59 Å². The summed E-state index contributed by atoms with van der Waals surface area (Å²) < 4.78 is 4.92. The second kappa shape index (κ2) is 10.2. The molecule has 23 heavy (non-hydrogen) atoms. The standard InChI is InChI=1S/C16H23N3O3.ClH/c1-22-12-7-17-13-15(20)18-8-10-19(11-9-18)16(21)14-5-3-2-4-6-14;/h2-6,17H,7-13H2,1H3;1H. The molecule has 1 aromatic carbocycles. The number of benzene rings is 1. The Morgan fingerprint density at radius 3 is 2.30 bits per heavy atom. The molecule has 1 saturated heterocycles. The molecule has 1 fully saturated rings. The van der Waals surface area contributed by atoms with Gasteiger partial charge >= 0.3 is 0 Å². The summed E-state index contributed by atoms with van der Waals surface area (Å²) in [6, 6.07) is 9.25. The minimum atomic E-state index is 0. The number of hydrogen-bond acceptors (Lipinski definition) is 4. The number of nitrogens with zero attached hydrogens (tertiary/aromatic N) is 2. The van der Waals surface area contributed by atoms with Crippen LogP contribution in [-0.4, -0.2) is 74.6 Å². The summed E-state index contributed by atoms with van der Waals surface area (Å²) in [4.78, 5) is 27.9. The van der Waals surface area contributed by atoms with Crippen molar-refractivity contribution in [1.82, 2.24) is 15.1 Å². The molecule has 0 saturated carbocycles. The largest absolute Gasteiger partial charge is 0.383 e. The van der Waals surface area contributed by atoms with Gasteiger partial charge in [0.05, 0.1) is 13.2 Å². The summed E-state index contributed by atoms with van der Waals surface area (Å²) in [6.45, 7) is 3.90. The van der Waals surface area contributed by atoms with Crippen LogP contribution in [0.15, 0.2) is 30.3 Å². The fraction of sp³-hybridized carbons (Fsp3) is 0.500. The fourth-order valence-corrected chi connectivity index (χ4v) is 2.40. The second-order valence-electron chi connectivity index (χ2n) is 5.21. The smallest absolute Gasteiger partial charge is 0.253 e. The number of carbonyl (C=O) groups is 2. The summed E-state index contributed by atoms with van der Waals surface area (Å²) in [5.41, 5.74) is 0.698. The van der Waals surface area contributed by atoms with E-state index in [2.05, 4.69) is 5.32 Å². The number of nitrogens with one attached hydrogen (secondary N) is 1. The Labute approximate surface area is 143 Å². The van der Waals surface area contributed by atoms with Gasteiger partial charge in [-0.1, -0.05) is 18.2 Å². The molecule has 1 N–H and O–H groups in total. The topological polar surface area (TPSA) is 61.9 Å². The zero-order valence-electron chi connectivity index (χ0n) is 13.4. The molecule has 0 bridgehead atoms. The number of rotatable bonds is 6. The Bertz CT molecular complexity index is 491. The van der Waals surface area contributed by atoms with Crippen LogP contribution in [0.2, 0.25) is 0 Å². The van der Waals surface area contributed by atoms with Crippen molar-refractivity contribution in [1.29, 1.82) is 0 Å². The van der Waals surface area contributed by atoms with Crippen molar-refractivity contribution in [2.24, 2.45) is 0 Å². The average Bonchev–Trinajstić information content (AvgIpc) is 2.59. The van der Waals surface area contributed by atoms with Crippen LogP contribution in [0, 0.1) is 0 Å². The van der Waals surface area contributed by atoms with E-state index in [1.165, 1.54) is 0 Å². The SMILES string of the molecule is COCCNCC(=O)N1CCN(C(=O)c2ccccc2)CC1.Cl. The van der Waals surface area contributed by atoms with Crippen molar-refractivity contribution in [3.05, 3.63) is 35.9 Å². The third-order valence-electron chi connectivity index (χ3n) is 3.70. The van der Waals surface area contributed by atoms with Crippen molar-refractivity contribution >= 4 is 24.2 Å². The predicted molar refractivity (Wildman–Crippen MR) is 90.9 cm³/mol. The second-order valence-corrected chi connectivity index (χ2v) is 5.21. The molecular formula is C16H24ClN3O3. The van der Waals surface area contributed by atoms with Gasteiger partial charge in [0.2, 0.25) is 5.91 Å². The van der Waals surface area contributed by atoms with Crippen LogP contribution in [0.4, 0.5) is 0 Å². The first-order valence-electron chi connectivity index (χ1n) is 7.54. The average molecular weight is 342 g/mol. The van der Waals surface area contributed by atoms with Gasteiger partial charge in [0.1, 0.15) is 0 Å². The number of amides is 2. The van der Waals surface area contributed by atoms with E-state index in [0.29, 0.717) is 51.4 Å². The lowest BCUT2D eigenvalue weighted by Crippen LogP contribution is -2.52. The monoisotopic (exact) mass is 341 g/mol. The van der Waals surface area contributed by atoms with E-state index >= 15 is 0 Å². The molecule has 1 heterocycles. The first kappa shape index (κ1) is 19.4. The van der Waals surface area contributed by atoms with Gasteiger partial charge in [-0.25, -0.2) is 0 Å². The molecule has 1 aliphatic rings. The number of piperazine rings is 1. The van der Waals surface area contributed by atoms with E-state index in [-0.39, 0.29) is 24.2 Å². The summed E-state index contributed by atoms with van der Waals surface area (Å²) >= 11 is 0. The van der Waals surface area contributed by atoms with E-state index in [1.54, 1.807) is 16.9 Å². The third kappa shape index (κ3) is 5.82. The molecule has 1 aliphatic heterocycles. The van der Waals surface area contributed by atoms with Crippen LogP contribution in [0.1, 0.15) is 10.4 Å². The van der Waals surface area contributed by atoms with Crippen LogP contribution >= 0.6 is 12.4 Å². The Kier molecular flexibility index (Phi) is 8.61. The van der Waals surface area contributed by atoms with Crippen LogP contribution in [-0.2, 0) is 9.53 Å². The van der Waals surface area contributed by atoms with E-state index in [9.17, 15) is 9.59 Å². The molecule has 1 aromatic rings. The lowest BCUT2D eigenvalue weighted by molar-refractivity contribution is -0.131. The zero-order valence-corrected chi connectivity index (χ0v) is 14.2. The highest BCUT2D eigenvalue weighted by Gasteiger charge is 2.24. The summed E-state index contributed by atoms with van der Waals surface area (Å²) in [6.07, 6.45) is 0. The van der Waals surface area contributed by atoms with E-state index in [1.807, 2.05) is 30.3 Å². The molecule has 0 spiro atoms. The first-order chi connectivity index (χ1) is 10.7. The molecule has 6 nitrogen and oxygen atoms in total. The number of methoxy groups -OCH3 is 1. The number of ether oxygens (including phenoxy) is 1. The first-order valence-corrected chi connectivity index (χ1v) is 7.54. The van der Waals surface area contributed by atoms with E-state index < -0.39 is 0 Å². The maximum atomic E-state index is 12.3. The molecule has 2 amide bonds. The lowest BCUT2D eigenvalue weighted by Gasteiger charge is -2.35. The Hall–Kier alpha value is -1.63. The van der Waals surface area contributed by atoms with Gasteiger partial charge in [-0.15, -0.1) is 12.4 Å². The third-order valence-corrected chi connectivity index (χ3v) is 3.70. The van der Waals surface area contributed by atoms with Gasteiger partial charge in [0.25, 0.3) is 5.91 Å². The molecule has 0 radical (unpaired) electrons. The Morgan fingerprint density at radius 2 is 1.70 bits per heavy atom. The van der Waals surface area contributed by atoms with Crippen LogP contribution < -0.4 is 5.32 Å². The molecule has 128 valence electrons. The molecular weight excluding hydrogens is 318 g/mol. The van der Waals surface area contributed by atoms with Gasteiger partial charge in [-0.05, 0) is 12.1 Å². The molecule has 7 heteroatoms. The van der Waals surface area contributed by atoms with Crippen LogP contribution in [0.3, 0.4) is 0 Å². The number of halogens is 1. The minimum absolute atomic E-state index is 0. The molecule has 2 rings (SSSR count). The van der Waals surface area contributed by atoms with Gasteiger partial charge < -0.3 is 19.9 Å². The summed E-state index contributed by atoms with van der Waals surface area (Å²) in [5.74, 6) is 0.105. The van der Waals surface area contributed by atoms with Gasteiger partial charge in [0.15, 0.2) is 0 Å². The molecule has 0 unspecified atom stereocenters. The normalized spacial score (nSPS) is 14.3. The number of hydrogen-bond donors (Lipinski definition) is 1. The molecule has 0 aliphatic carbocycles. The van der Waals surface area contributed by atoms with Crippen molar-refractivity contribution < 1.29 is 14.3 Å². The highest BCUT2D eigenvalue weighted by atomic mass is 35.5.